The largest absolute Gasteiger partial charge is 0.493 e. The van der Waals surface area contributed by atoms with E-state index in [-0.39, 0.29) is 5.91 Å². The molecule has 1 amide bonds. The summed E-state index contributed by atoms with van der Waals surface area (Å²) < 4.78 is 21.3. The molecule has 0 aliphatic carbocycles. The Labute approximate surface area is 158 Å². The summed E-state index contributed by atoms with van der Waals surface area (Å²) in [6.07, 6.45) is 2.44. The summed E-state index contributed by atoms with van der Waals surface area (Å²) in [5.41, 5.74) is 3.66. The lowest BCUT2D eigenvalue weighted by atomic mass is 10.2. The van der Waals surface area contributed by atoms with E-state index in [1.807, 2.05) is 19.1 Å². The number of nitrogens with one attached hydrogen (secondary N) is 1. The number of ether oxygens (including phenoxy) is 4. The molecular weight excluding hydrogens is 348 g/mol. The van der Waals surface area contributed by atoms with Gasteiger partial charge in [-0.15, -0.1) is 0 Å². The van der Waals surface area contributed by atoms with Gasteiger partial charge in [0, 0.05) is 5.56 Å². The lowest BCUT2D eigenvalue weighted by Crippen LogP contribution is -2.17. The number of carbonyl (C=O) groups excluding carboxylic acids is 1. The molecule has 2 aromatic rings. The van der Waals surface area contributed by atoms with Crippen molar-refractivity contribution in [3.63, 3.8) is 0 Å². The first-order valence-electron chi connectivity index (χ1n) is 8.49. The number of carbonyl (C=O) groups is 1. The fraction of sp³-hybridized carbons (Fsp3) is 0.300. The van der Waals surface area contributed by atoms with E-state index in [9.17, 15) is 4.79 Å². The van der Waals surface area contributed by atoms with Crippen molar-refractivity contribution in [2.75, 3.05) is 27.9 Å². The minimum absolute atomic E-state index is 0.359. The van der Waals surface area contributed by atoms with Crippen molar-refractivity contribution >= 4 is 12.1 Å². The third-order valence-corrected chi connectivity index (χ3v) is 3.67. The van der Waals surface area contributed by atoms with Crippen LogP contribution in [0.25, 0.3) is 0 Å². The van der Waals surface area contributed by atoms with E-state index in [4.69, 9.17) is 18.9 Å². The van der Waals surface area contributed by atoms with E-state index >= 15 is 0 Å². The van der Waals surface area contributed by atoms with Gasteiger partial charge in [-0.3, -0.25) is 4.79 Å². The average Bonchev–Trinajstić information content (AvgIpc) is 2.71. The highest BCUT2D eigenvalue weighted by molar-refractivity contribution is 5.95. The Morgan fingerprint density at radius 2 is 1.63 bits per heavy atom. The van der Waals surface area contributed by atoms with Gasteiger partial charge in [-0.2, -0.15) is 5.10 Å². The van der Waals surface area contributed by atoms with E-state index in [1.54, 1.807) is 31.4 Å². The van der Waals surface area contributed by atoms with Crippen LogP contribution in [0, 0.1) is 0 Å². The molecule has 1 N–H and O–H groups in total. The molecule has 7 nitrogen and oxygen atoms in total. The van der Waals surface area contributed by atoms with Crippen LogP contribution in [0.5, 0.6) is 23.0 Å². The van der Waals surface area contributed by atoms with Gasteiger partial charge in [-0.25, -0.2) is 5.43 Å². The number of benzene rings is 2. The van der Waals surface area contributed by atoms with Gasteiger partial charge in [0.25, 0.3) is 5.91 Å². The monoisotopic (exact) mass is 372 g/mol. The minimum Gasteiger partial charge on any atom is -0.493 e. The molecule has 0 fully saturated rings. The summed E-state index contributed by atoms with van der Waals surface area (Å²) in [7, 11) is 4.63. The predicted molar refractivity (Wildman–Crippen MR) is 103 cm³/mol. The minimum atomic E-state index is -0.359. The van der Waals surface area contributed by atoms with Crippen LogP contribution in [0.15, 0.2) is 41.5 Å². The first kappa shape index (κ1) is 20.1. The van der Waals surface area contributed by atoms with Crippen molar-refractivity contribution in [1.29, 1.82) is 0 Å². The van der Waals surface area contributed by atoms with E-state index in [0.717, 1.165) is 12.0 Å². The Kier molecular flexibility index (Phi) is 7.49. The van der Waals surface area contributed by atoms with Gasteiger partial charge in [-0.1, -0.05) is 6.92 Å². The number of hydrazone groups is 1. The second-order valence-corrected chi connectivity index (χ2v) is 5.53. The molecule has 0 spiro atoms. The third kappa shape index (κ3) is 5.37. The maximum atomic E-state index is 12.2. The number of nitrogens with zero attached hydrogens (tertiary/aromatic N) is 1. The molecule has 0 aliphatic rings. The van der Waals surface area contributed by atoms with E-state index in [0.29, 0.717) is 35.2 Å². The second kappa shape index (κ2) is 10.1. The fourth-order valence-corrected chi connectivity index (χ4v) is 2.30. The highest BCUT2D eigenvalue weighted by atomic mass is 16.5. The van der Waals surface area contributed by atoms with Gasteiger partial charge in [0.15, 0.2) is 23.0 Å². The average molecular weight is 372 g/mol. The van der Waals surface area contributed by atoms with Gasteiger partial charge >= 0.3 is 0 Å². The maximum Gasteiger partial charge on any atom is 0.271 e. The molecule has 27 heavy (non-hydrogen) atoms. The second-order valence-electron chi connectivity index (χ2n) is 5.53. The first-order valence-corrected chi connectivity index (χ1v) is 8.49. The van der Waals surface area contributed by atoms with E-state index < -0.39 is 0 Å². The lowest BCUT2D eigenvalue weighted by molar-refractivity contribution is 0.0954. The fourth-order valence-electron chi connectivity index (χ4n) is 2.30. The molecule has 0 radical (unpaired) electrons. The van der Waals surface area contributed by atoms with Crippen LogP contribution in [-0.4, -0.2) is 40.1 Å². The van der Waals surface area contributed by atoms with Crippen LogP contribution in [0.4, 0.5) is 0 Å². The molecule has 0 heterocycles. The maximum absolute atomic E-state index is 12.2. The zero-order valence-electron chi connectivity index (χ0n) is 15.9. The quantitative estimate of drug-likeness (QED) is 0.540. The molecule has 0 bridgehead atoms. The number of hydrogen-bond donors (Lipinski definition) is 1. The summed E-state index contributed by atoms with van der Waals surface area (Å²) in [5, 5.41) is 3.99. The van der Waals surface area contributed by atoms with Crippen molar-refractivity contribution in [2.24, 2.45) is 5.10 Å². The molecule has 0 atom stereocenters. The van der Waals surface area contributed by atoms with Gasteiger partial charge in [0.1, 0.15) is 0 Å². The summed E-state index contributed by atoms with van der Waals surface area (Å²) in [4.78, 5) is 12.2. The number of rotatable bonds is 9. The SMILES string of the molecule is CCCOc1ccc(/C=N/NC(=O)c2ccc(OC)c(OC)c2)cc1OC. The first-order chi connectivity index (χ1) is 13.1. The number of methoxy groups -OCH3 is 3. The zero-order chi connectivity index (χ0) is 19.6. The van der Waals surface area contributed by atoms with Gasteiger partial charge in [0.2, 0.25) is 0 Å². The molecule has 144 valence electrons. The molecule has 0 saturated heterocycles. The molecule has 0 aromatic heterocycles. The van der Waals surface area contributed by atoms with Crippen molar-refractivity contribution in [1.82, 2.24) is 5.43 Å². The van der Waals surface area contributed by atoms with Crippen LogP contribution in [0.3, 0.4) is 0 Å². The van der Waals surface area contributed by atoms with Crippen LogP contribution in [0.2, 0.25) is 0 Å². The molecule has 0 saturated carbocycles. The van der Waals surface area contributed by atoms with Gasteiger partial charge in [0.05, 0.1) is 34.2 Å². The standard InChI is InChI=1S/C20H24N2O5/c1-5-10-27-17-8-6-14(11-18(17)25-3)13-21-22-20(23)15-7-9-16(24-2)19(12-15)26-4/h6-9,11-13H,5,10H2,1-4H3,(H,22,23)/b21-13+. The number of hydrogen-bond acceptors (Lipinski definition) is 6. The van der Waals surface area contributed by atoms with Crippen LogP contribution >= 0.6 is 0 Å². The molecule has 7 heteroatoms. The Balaban J connectivity index is 2.05. The van der Waals surface area contributed by atoms with Crippen LogP contribution in [0.1, 0.15) is 29.3 Å². The van der Waals surface area contributed by atoms with E-state index in [2.05, 4.69) is 10.5 Å². The lowest BCUT2D eigenvalue weighted by Gasteiger charge is -2.10. The van der Waals surface area contributed by atoms with Crippen molar-refractivity contribution < 1.29 is 23.7 Å². The van der Waals surface area contributed by atoms with Gasteiger partial charge in [-0.05, 0) is 48.4 Å². The molecule has 2 aromatic carbocycles. The highest BCUT2D eigenvalue weighted by Gasteiger charge is 2.10. The molecular formula is C20H24N2O5. The Bertz CT molecular complexity index is 805. The summed E-state index contributed by atoms with van der Waals surface area (Å²) in [5.74, 6) is 1.95. The zero-order valence-corrected chi connectivity index (χ0v) is 15.9. The number of amides is 1. The Hall–Kier alpha value is -3.22. The summed E-state index contributed by atoms with van der Waals surface area (Å²) >= 11 is 0. The normalized spacial score (nSPS) is 10.5. The van der Waals surface area contributed by atoms with Crippen LogP contribution < -0.4 is 24.4 Å². The smallest absolute Gasteiger partial charge is 0.271 e. The summed E-state index contributed by atoms with van der Waals surface area (Å²) in [6.45, 7) is 2.65. The predicted octanol–water partition coefficient (Wildman–Crippen LogP) is 3.27. The van der Waals surface area contributed by atoms with Crippen LogP contribution in [-0.2, 0) is 0 Å². The summed E-state index contributed by atoms with van der Waals surface area (Å²) in [6, 6.07) is 10.3. The van der Waals surface area contributed by atoms with Gasteiger partial charge < -0.3 is 18.9 Å². The molecule has 2 rings (SSSR count). The Morgan fingerprint density at radius 3 is 2.30 bits per heavy atom. The van der Waals surface area contributed by atoms with Crippen molar-refractivity contribution in [2.45, 2.75) is 13.3 Å². The third-order valence-electron chi connectivity index (χ3n) is 3.67. The molecule has 0 aliphatic heterocycles. The van der Waals surface area contributed by atoms with Crippen molar-refractivity contribution in [3.05, 3.63) is 47.5 Å². The Morgan fingerprint density at radius 1 is 0.963 bits per heavy atom. The van der Waals surface area contributed by atoms with E-state index in [1.165, 1.54) is 20.4 Å². The molecule has 0 unspecified atom stereocenters. The highest BCUT2D eigenvalue weighted by Crippen LogP contribution is 2.28. The van der Waals surface area contributed by atoms with Crippen molar-refractivity contribution in [3.8, 4) is 23.0 Å². The topological polar surface area (TPSA) is 78.4 Å².